The van der Waals surface area contributed by atoms with Crippen molar-refractivity contribution in [2.24, 2.45) is 0 Å². The van der Waals surface area contributed by atoms with Gasteiger partial charge in [0.25, 0.3) is 0 Å². The normalized spacial score (nSPS) is 12.4. The van der Waals surface area contributed by atoms with Crippen LogP contribution in [0, 0.1) is 0 Å². The number of pyridine rings is 1. The van der Waals surface area contributed by atoms with Crippen molar-refractivity contribution < 1.29 is 4.74 Å². The van der Waals surface area contributed by atoms with E-state index in [-0.39, 0.29) is 6.10 Å². The van der Waals surface area contributed by atoms with Gasteiger partial charge in [-0.3, -0.25) is 0 Å². The number of hydrogen-bond acceptors (Lipinski definition) is 3. The molecule has 0 saturated carbocycles. The van der Waals surface area contributed by atoms with E-state index in [2.05, 4.69) is 24.1 Å². The van der Waals surface area contributed by atoms with Crippen LogP contribution in [0.2, 0.25) is 5.02 Å². The van der Waals surface area contributed by atoms with Crippen molar-refractivity contribution in [3.8, 4) is 5.88 Å². The predicted octanol–water partition coefficient (Wildman–Crippen LogP) is 4.37. The van der Waals surface area contributed by atoms with Crippen LogP contribution < -0.4 is 10.1 Å². The Morgan fingerprint density at radius 1 is 1.10 bits per heavy atom. The lowest BCUT2D eigenvalue weighted by molar-refractivity contribution is 0.217. The number of halogens is 1. The molecule has 2 aromatic rings. The van der Waals surface area contributed by atoms with Gasteiger partial charge in [-0.1, -0.05) is 55.8 Å². The van der Waals surface area contributed by atoms with E-state index < -0.39 is 0 Å². The van der Waals surface area contributed by atoms with Crippen LogP contribution in [0.3, 0.4) is 0 Å². The lowest BCUT2D eigenvalue weighted by Gasteiger charge is -2.16. The summed E-state index contributed by atoms with van der Waals surface area (Å²) in [7, 11) is 0. The molecule has 112 valence electrons. The van der Waals surface area contributed by atoms with Gasteiger partial charge < -0.3 is 10.1 Å². The predicted molar refractivity (Wildman–Crippen MR) is 86.7 cm³/mol. The summed E-state index contributed by atoms with van der Waals surface area (Å²) in [5, 5.41) is 3.97. The summed E-state index contributed by atoms with van der Waals surface area (Å²) in [5.41, 5.74) is 1.93. The number of benzene rings is 1. The van der Waals surface area contributed by atoms with E-state index >= 15 is 0 Å². The molecule has 1 atom stereocenters. The van der Waals surface area contributed by atoms with Crippen molar-refractivity contribution in [2.75, 3.05) is 0 Å². The summed E-state index contributed by atoms with van der Waals surface area (Å²) in [6.07, 6.45) is -0.0502. The summed E-state index contributed by atoms with van der Waals surface area (Å²) >= 11 is 6.18. The monoisotopic (exact) mass is 304 g/mol. The smallest absolute Gasteiger partial charge is 0.214 e. The van der Waals surface area contributed by atoms with E-state index in [1.807, 2.05) is 43.3 Å². The largest absolute Gasteiger partial charge is 0.470 e. The second-order valence-corrected chi connectivity index (χ2v) is 5.69. The van der Waals surface area contributed by atoms with Crippen molar-refractivity contribution in [1.82, 2.24) is 10.3 Å². The van der Waals surface area contributed by atoms with E-state index in [1.165, 1.54) is 0 Å². The fourth-order valence-corrected chi connectivity index (χ4v) is 2.10. The molecular formula is C17H21ClN2O. The van der Waals surface area contributed by atoms with Crippen LogP contribution in [0.15, 0.2) is 42.5 Å². The van der Waals surface area contributed by atoms with Crippen LogP contribution >= 0.6 is 11.6 Å². The summed E-state index contributed by atoms with van der Waals surface area (Å²) in [6.45, 7) is 6.82. The Morgan fingerprint density at radius 3 is 2.48 bits per heavy atom. The van der Waals surface area contributed by atoms with Gasteiger partial charge in [0.15, 0.2) is 0 Å². The van der Waals surface area contributed by atoms with Gasteiger partial charge in [0.05, 0.1) is 10.7 Å². The van der Waals surface area contributed by atoms with Crippen LogP contribution in [0.25, 0.3) is 0 Å². The van der Waals surface area contributed by atoms with Crippen LogP contribution in [-0.4, -0.2) is 11.0 Å². The first-order valence-electron chi connectivity index (χ1n) is 7.16. The standard InChI is InChI=1S/C17H21ClN2O/c1-12(2)19-11-16-15(18)9-10-17(20-16)21-13(3)14-7-5-4-6-8-14/h4-10,12-13,19H,11H2,1-3H3. The molecule has 1 aromatic carbocycles. The Balaban J connectivity index is 2.08. The average Bonchev–Trinajstić information content (AvgIpc) is 2.48. The van der Waals surface area contributed by atoms with E-state index in [0.29, 0.717) is 23.5 Å². The summed E-state index contributed by atoms with van der Waals surface area (Å²) in [5.74, 6) is 0.594. The molecule has 0 aliphatic carbocycles. The Bertz CT molecular complexity index is 572. The van der Waals surface area contributed by atoms with Crippen molar-refractivity contribution in [2.45, 2.75) is 39.5 Å². The van der Waals surface area contributed by atoms with Gasteiger partial charge in [-0.05, 0) is 18.6 Å². The molecule has 0 fully saturated rings. The van der Waals surface area contributed by atoms with Crippen molar-refractivity contribution in [1.29, 1.82) is 0 Å². The second kappa shape index (κ2) is 7.43. The lowest BCUT2D eigenvalue weighted by atomic mass is 10.1. The molecule has 21 heavy (non-hydrogen) atoms. The van der Waals surface area contributed by atoms with Crippen molar-refractivity contribution in [3.63, 3.8) is 0 Å². The number of nitrogens with one attached hydrogen (secondary N) is 1. The molecule has 1 heterocycles. The highest BCUT2D eigenvalue weighted by atomic mass is 35.5. The summed E-state index contributed by atoms with van der Waals surface area (Å²) in [6, 6.07) is 14.1. The zero-order chi connectivity index (χ0) is 15.2. The van der Waals surface area contributed by atoms with Crippen LogP contribution in [0.5, 0.6) is 5.88 Å². The summed E-state index contributed by atoms with van der Waals surface area (Å²) < 4.78 is 5.91. The highest BCUT2D eigenvalue weighted by Crippen LogP contribution is 2.23. The van der Waals surface area contributed by atoms with E-state index in [4.69, 9.17) is 16.3 Å². The molecule has 1 aromatic heterocycles. The minimum Gasteiger partial charge on any atom is -0.470 e. The highest BCUT2D eigenvalue weighted by molar-refractivity contribution is 6.31. The molecule has 0 amide bonds. The topological polar surface area (TPSA) is 34.2 Å². The van der Waals surface area contributed by atoms with Crippen LogP contribution in [0.4, 0.5) is 0 Å². The average molecular weight is 305 g/mol. The molecular weight excluding hydrogens is 284 g/mol. The quantitative estimate of drug-likeness (QED) is 0.860. The third-order valence-corrected chi connectivity index (χ3v) is 3.48. The first-order valence-corrected chi connectivity index (χ1v) is 7.54. The lowest BCUT2D eigenvalue weighted by Crippen LogP contribution is -2.22. The molecule has 0 radical (unpaired) electrons. The van der Waals surface area contributed by atoms with Gasteiger partial charge in [-0.2, -0.15) is 0 Å². The van der Waals surface area contributed by atoms with Crippen molar-refractivity contribution >= 4 is 11.6 Å². The number of ether oxygens (including phenoxy) is 1. The molecule has 2 rings (SSSR count). The van der Waals surface area contributed by atoms with Gasteiger partial charge in [0, 0.05) is 18.7 Å². The van der Waals surface area contributed by atoms with Gasteiger partial charge in [-0.15, -0.1) is 0 Å². The van der Waals surface area contributed by atoms with Crippen molar-refractivity contribution in [3.05, 3.63) is 58.7 Å². The molecule has 0 bridgehead atoms. The maximum absolute atomic E-state index is 6.18. The van der Waals surface area contributed by atoms with E-state index in [1.54, 1.807) is 6.07 Å². The molecule has 0 aliphatic heterocycles. The van der Waals surface area contributed by atoms with Crippen LogP contribution in [0.1, 0.15) is 38.1 Å². The fraction of sp³-hybridized carbons (Fsp3) is 0.353. The zero-order valence-electron chi connectivity index (χ0n) is 12.6. The van der Waals surface area contributed by atoms with Gasteiger partial charge >= 0.3 is 0 Å². The number of hydrogen-bond donors (Lipinski definition) is 1. The summed E-state index contributed by atoms with van der Waals surface area (Å²) in [4.78, 5) is 4.49. The minimum absolute atomic E-state index is 0.0502. The SMILES string of the molecule is CC(C)NCc1nc(OC(C)c2ccccc2)ccc1Cl. The van der Waals surface area contributed by atoms with Gasteiger partial charge in [0.2, 0.25) is 5.88 Å². The zero-order valence-corrected chi connectivity index (χ0v) is 13.4. The Labute approximate surface area is 131 Å². The molecule has 1 N–H and O–H groups in total. The van der Waals surface area contributed by atoms with Gasteiger partial charge in [0.1, 0.15) is 6.10 Å². The Morgan fingerprint density at radius 2 is 1.81 bits per heavy atom. The third kappa shape index (κ3) is 4.73. The number of aromatic nitrogens is 1. The second-order valence-electron chi connectivity index (χ2n) is 5.28. The Kier molecular flexibility index (Phi) is 5.59. The molecule has 4 heteroatoms. The number of nitrogens with zero attached hydrogens (tertiary/aromatic N) is 1. The molecule has 3 nitrogen and oxygen atoms in total. The van der Waals surface area contributed by atoms with E-state index in [0.717, 1.165) is 11.3 Å². The van der Waals surface area contributed by atoms with Gasteiger partial charge in [-0.25, -0.2) is 4.98 Å². The Hall–Kier alpha value is -1.58. The highest BCUT2D eigenvalue weighted by Gasteiger charge is 2.10. The maximum atomic E-state index is 6.18. The first kappa shape index (κ1) is 15.8. The minimum atomic E-state index is -0.0502. The maximum Gasteiger partial charge on any atom is 0.214 e. The molecule has 0 saturated heterocycles. The molecule has 1 unspecified atom stereocenters. The first-order chi connectivity index (χ1) is 10.1. The van der Waals surface area contributed by atoms with E-state index in [9.17, 15) is 0 Å². The molecule has 0 aliphatic rings. The molecule has 0 spiro atoms. The fourth-order valence-electron chi connectivity index (χ4n) is 1.93. The number of rotatable bonds is 6. The third-order valence-electron chi connectivity index (χ3n) is 3.14. The van der Waals surface area contributed by atoms with Crippen LogP contribution in [-0.2, 0) is 6.54 Å².